The Morgan fingerprint density at radius 1 is 1.42 bits per heavy atom. The zero-order chi connectivity index (χ0) is 14.0. The van der Waals surface area contributed by atoms with Gasteiger partial charge in [-0.2, -0.15) is 0 Å². The Kier molecular flexibility index (Phi) is 4.22. The summed E-state index contributed by atoms with van der Waals surface area (Å²) < 4.78 is 5.09. The van der Waals surface area contributed by atoms with Gasteiger partial charge in [0.25, 0.3) is 0 Å². The molecule has 1 amide bonds. The van der Waals surface area contributed by atoms with E-state index in [1.165, 1.54) is 11.1 Å². The highest BCUT2D eigenvalue weighted by molar-refractivity contribution is 5.80. The van der Waals surface area contributed by atoms with Crippen molar-refractivity contribution < 1.29 is 9.53 Å². The number of hydrogen-bond donors (Lipinski definition) is 1. The lowest BCUT2D eigenvalue weighted by atomic mass is 9.95. The molecule has 0 aromatic heterocycles. The SMILES string of the molecule is COCCN1C(=O)CC(N)C1c1ccc(C)cc1C. The van der Waals surface area contributed by atoms with Crippen molar-refractivity contribution in [2.45, 2.75) is 32.4 Å². The minimum atomic E-state index is -0.134. The van der Waals surface area contributed by atoms with Gasteiger partial charge < -0.3 is 15.4 Å². The quantitative estimate of drug-likeness (QED) is 0.895. The maximum absolute atomic E-state index is 12.0. The lowest BCUT2D eigenvalue weighted by Gasteiger charge is -2.28. The fourth-order valence-corrected chi connectivity index (χ4v) is 2.83. The summed E-state index contributed by atoms with van der Waals surface area (Å²) in [5.41, 5.74) is 9.74. The molecule has 2 rings (SSSR count). The molecule has 19 heavy (non-hydrogen) atoms. The molecular weight excluding hydrogens is 240 g/mol. The van der Waals surface area contributed by atoms with E-state index in [9.17, 15) is 4.79 Å². The molecule has 104 valence electrons. The van der Waals surface area contributed by atoms with Crippen molar-refractivity contribution in [3.8, 4) is 0 Å². The van der Waals surface area contributed by atoms with Crippen LogP contribution < -0.4 is 5.73 Å². The Bertz CT molecular complexity index is 473. The van der Waals surface area contributed by atoms with Gasteiger partial charge >= 0.3 is 0 Å². The second kappa shape index (κ2) is 5.72. The normalized spacial score (nSPS) is 23.2. The van der Waals surface area contributed by atoms with Gasteiger partial charge in [0.05, 0.1) is 12.6 Å². The Balaban J connectivity index is 2.31. The van der Waals surface area contributed by atoms with E-state index in [0.29, 0.717) is 19.6 Å². The number of nitrogens with two attached hydrogens (primary N) is 1. The fourth-order valence-electron chi connectivity index (χ4n) is 2.83. The molecule has 4 nitrogen and oxygen atoms in total. The number of carbonyl (C=O) groups is 1. The van der Waals surface area contributed by atoms with Gasteiger partial charge in [-0.15, -0.1) is 0 Å². The van der Waals surface area contributed by atoms with Crippen molar-refractivity contribution in [1.29, 1.82) is 0 Å². The minimum Gasteiger partial charge on any atom is -0.383 e. The predicted molar refractivity (Wildman–Crippen MR) is 74.8 cm³/mol. The van der Waals surface area contributed by atoms with Crippen LogP contribution in [0.15, 0.2) is 18.2 Å². The average Bonchev–Trinajstić information content (AvgIpc) is 2.62. The highest BCUT2D eigenvalue weighted by Gasteiger charge is 2.38. The minimum absolute atomic E-state index is 0.0248. The Morgan fingerprint density at radius 2 is 2.16 bits per heavy atom. The van der Waals surface area contributed by atoms with Gasteiger partial charge in [-0.1, -0.05) is 23.8 Å². The van der Waals surface area contributed by atoms with Crippen LogP contribution in [0, 0.1) is 13.8 Å². The second-order valence-corrected chi connectivity index (χ2v) is 5.25. The zero-order valence-electron chi connectivity index (χ0n) is 11.8. The van der Waals surface area contributed by atoms with Gasteiger partial charge in [-0.25, -0.2) is 0 Å². The van der Waals surface area contributed by atoms with Crippen molar-refractivity contribution in [2.75, 3.05) is 20.3 Å². The van der Waals surface area contributed by atoms with E-state index >= 15 is 0 Å². The van der Waals surface area contributed by atoms with Crippen LogP contribution in [-0.2, 0) is 9.53 Å². The van der Waals surface area contributed by atoms with E-state index in [1.54, 1.807) is 7.11 Å². The highest BCUT2D eigenvalue weighted by atomic mass is 16.5. The molecule has 1 aromatic carbocycles. The summed E-state index contributed by atoms with van der Waals surface area (Å²) in [7, 11) is 1.65. The van der Waals surface area contributed by atoms with Gasteiger partial charge in [0, 0.05) is 26.1 Å². The number of nitrogens with zero attached hydrogens (tertiary/aromatic N) is 1. The topological polar surface area (TPSA) is 55.6 Å². The number of amides is 1. The standard InChI is InChI=1S/C15H22N2O2/c1-10-4-5-12(11(2)8-10)15-13(16)9-14(18)17(15)6-7-19-3/h4-5,8,13,15H,6-7,9,16H2,1-3H3. The van der Waals surface area contributed by atoms with Crippen molar-refractivity contribution in [2.24, 2.45) is 5.73 Å². The second-order valence-electron chi connectivity index (χ2n) is 5.25. The van der Waals surface area contributed by atoms with Crippen LogP contribution in [0.1, 0.15) is 29.2 Å². The lowest BCUT2D eigenvalue weighted by molar-refractivity contribution is -0.129. The monoisotopic (exact) mass is 262 g/mol. The first-order valence-electron chi connectivity index (χ1n) is 6.65. The number of carbonyl (C=O) groups excluding carboxylic acids is 1. The summed E-state index contributed by atoms with van der Waals surface area (Å²) in [5.74, 6) is 0.120. The van der Waals surface area contributed by atoms with Gasteiger partial charge in [-0.3, -0.25) is 4.79 Å². The first-order chi connectivity index (χ1) is 9.04. The first kappa shape index (κ1) is 14.0. The van der Waals surface area contributed by atoms with Crippen LogP contribution in [0.3, 0.4) is 0 Å². The molecule has 1 fully saturated rings. The molecule has 0 aliphatic carbocycles. The number of benzene rings is 1. The molecular formula is C15H22N2O2. The van der Waals surface area contributed by atoms with Crippen LogP contribution in [0.25, 0.3) is 0 Å². The largest absolute Gasteiger partial charge is 0.383 e. The number of rotatable bonds is 4. The summed E-state index contributed by atoms with van der Waals surface area (Å²) in [6.07, 6.45) is 0.418. The van der Waals surface area contributed by atoms with E-state index in [4.69, 9.17) is 10.5 Å². The smallest absolute Gasteiger partial charge is 0.224 e. The number of hydrogen-bond acceptors (Lipinski definition) is 3. The van der Waals surface area contributed by atoms with E-state index in [1.807, 2.05) is 4.90 Å². The molecule has 2 unspecified atom stereocenters. The third kappa shape index (κ3) is 2.80. The van der Waals surface area contributed by atoms with Crippen LogP contribution >= 0.6 is 0 Å². The molecule has 1 aromatic rings. The summed E-state index contributed by atoms with van der Waals surface area (Å²) in [6, 6.07) is 6.15. The number of methoxy groups -OCH3 is 1. The fraction of sp³-hybridized carbons (Fsp3) is 0.533. The Labute approximate surface area is 114 Å². The average molecular weight is 262 g/mol. The third-order valence-corrected chi connectivity index (χ3v) is 3.75. The molecule has 0 spiro atoms. The van der Waals surface area contributed by atoms with Crippen LogP contribution in [0.5, 0.6) is 0 Å². The zero-order valence-corrected chi connectivity index (χ0v) is 11.8. The maximum Gasteiger partial charge on any atom is 0.224 e. The molecule has 0 saturated carbocycles. The molecule has 2 atom stereocenters. The van der Waals surface area contributed by atoms with Gasteiger partial charge in [0.1, 0.15) is 0 Å². The summed E-state index contributed by atoms with van der Waals surface area (Å²) in [6.45, 7) is 5.28. The molecule has 4 heteroatoms. The molecule has 1 heterocycles. The molecule has 0 bridgehead atoms. The van der Waals surface area contributed by atoms with Crippen molar-refractivity contribution in [3.05, 3.63) is 34.9 Å². The van der Waals surface area contributed by atoms with Crippen LogP contribution in [0.2, 0.25) is 0 Å². The molecule has 0 radical (unpaired) electrons. The van der Waals surface area contributed by atoms with E-state index in [-0.39, 0.29) is 18.0 Å². The van der Waals surface area contributed by atoms with Gasteiger partial charge in [-0.05, 0) is 25.0 Å². The number of likely N-dealkylation sites (tertiary alicyclic amines) is 1. The van der Waals surface area contributed by atoms with E-state index in [2.05, 4.69) is 32.0 Å². The third-order valence-electron chi connectivity index (χ3n) is 3.75. The molecule has 1 aliphatic heterocycles. The van der Waals surface area contributed by atoms with E-state index in [0.717, 1.165) is 5.56 Å². The van der Waals surface area contributed by atoms with Crippen LogP contribution in [-0.4, -0.2) is 37.1 Å². The van der Waals surface area contributed by atoms with Crippen molar-refractivity contribution in [1.82, 2.24) is 4.90 Å². The predicted octanol–water partition coefficient (Wildman–Crippen LogP) is 1.55. The summed E-state index contributed by atoms with van der Waals surface area (Å²) in [4.78, 5) is 13.9. The lowest BCUT2D eigenvalue weighted by Crippen LogP contribution is -2.35. The van der Waals surface area contributed by atoms with E-state index < -0.39 is 0 Å². The van der Waals surface area contributed by atoms with Crippen molar-refractivity contribution >= 4 is 5.91 Å². The van der Waals surface area contributed by atoms with Gasteiger partial charge in [0.15, 0.2) is 0 Å². The summed E-state index contributed by atoms with van der Waals surface area (Å²) in [5, 5.41) is 0. The molecule has 1 aliphatic rings. The maximum atomic E-state index is 12.0. The Hall–Kier alpha value is -1.39. The first-order valence-corrected chi connectivity index (χ1v) is 6.65. The number of aryl methyl sites for hydroxylation is 2. The Morgan fingerprint density at radius 3 is 2.79 bits per heavy atom. The van der Waals surface area contributed by atoms with Crippen molar-refractivity contribution in [3.63, 3.8) is 0 Å². The summed E-state index contributed by atoms with van der Waals surface area (Å²) >= 11 is 0. The number of ether oxygens (including phenoxy) is 1. The highest BCUT2D eigenvalue weighted by Crippen LogP contribution is 2.33. The van der Waals surface area contributed by atoms with Gasteiger partial charge in [0.2, 0.25) is 5.91 Å². The molecule has 2 N–H and O–H groups in total. The molecule has 1 saturated heterocycles. The van der Waals surface area contributed by atoms with Crippen LogP contribution in [0.4, 0.5) is 0 Å².